The molecule has 2 rings (SSSR count). The first-order valence-corrected chi connectivity index (χ1v) is 6.58. The molecular formula is C12H18BrNO. The van der Waals surface area contributed by atoms with Gasteiger partial charge < -0.3 is 10.4 Å². The third kappa shape index (κ3) is 2.85. The molecular weight excluding hydrogens is 254 g/mol. The van der Waals surface area contributed by atoms with Gasteiger partial charge in [-0.3, -0.25) is 0 Å². The summed E-state index contributed by atoms with van der Waals surface area (Å²) in [6.45, 7) is 1.06. The Balaban J connectivity index is 2.11. The number of aliphatic hydroxyl groups excluding tert-OH is 1. The molecule has 0 aromatic rings. The number of aliphatic hydroxyl groups is 1. The molecule has 0 radical (unpaired) electrons. The average molecular weight is 272 g/mol. The first-order valence-electron chi connectivity index (χ1n) is 5.78. The van der Waals surface area contributed by atoms with Crippen molar-refractivity contribution in [3.05, 3.63) is 22.4 Å². The maximum atomic E-state index is 9.93. The molecule has 84 valence electrons. The predicted molar refractivity (Wildman–Crippen MR) is 66.1 cm³/mol. The van der Waals surface area contributed by atoms with Crippen molar-refractivity contribution in [2.45, 2.75) is 38.1 Å². The molecule has 0 aromatic heterocycles. The van der Waals surface area contributed by atoms with Gasteiger partial charge in [0.1, 0.15) is 0 Å². The maximum absolute atomic E-state index is 9.93. The van der Waals surface area contributed by atoms with Crippen LogP contribution in [0.5, 0.6) is 0 Å². The molecule has 2 nitrogen and oxygen atoms in total. The minimum atomic E-state index is 0.282. The number of fused-ring (bicyclic) bond motifs is 1. The van der Waals surface area contributed by atoms with Gasteiger partial charge in [0.15, 0.2) is 0 Å². The van der Waals surface area contributed by atoms with Gasteiger partial charge in [-0.1, -0.05) is 41.3 Å². The van der Waals surface area contributed by atoms with Gasteiger partial charge in [0, 0.05) is 16.4 Å². The Kier molecular flexibility index (Phi) is 3.87. The van der Waals surface area contributed by atoms with Gasteiger partial charge in [-0.05, 0) is 25.5 Å². The summed E-state index contributed by atoms with van der Waals surface area (Å²) in [5.74, 6) is 0.813. The van der Waals surface area contributed by atoms with Crippen LogP contribution in [0.4, 0.5) is 0 Å². The van der Waals surface area contributed by atoms with Crippen molar-refractivity contribution in [1.82, 2.24) is 5.32 Å². The zero-order chi connectivity index (χ0) is 10.7. The zero-order valence-electron chi connectivity index (χ0n) is 8.88. The Morgan fingerprint density at radius 2 is 2.07 bits per heavy atom. The second-order valence-electron chi connectivity index (χ2n) is 4.41. The lowest BCUT2D eigenvalue weighted by molar-refractivity contribution is 0.281. The van der Waals surface area contributed by atoms with E-state index < -0.39 is 0 Å². The Hall–Kier alpha value is -0.280. The molecule has 15 heavy (non-hydrogen) atoms. The molecule has 2 unspecified atom stereocenters. The summed E-state index contributed by atoms with van der Waals surface area (Å²) in [5, 5.41) is 13.5. The van der Waals surface area contributed by atoms with Gasteiger partial charge in [-0.2, -0.15) is 0 Å². The van der Waals surface area contributed by atoms with Crippen molar-refractivity contribution in [1.29, 1.82) is 0 Å². The summed E-state index contributed by atoms with van der Waals surface area (Å²) >= 11 is 3.44. The van der Waals surface area contributed by atoms with E-state index in [2.05, 4.69) is 27.3 Å². The van der Waals surface area contributed by atoms with Gasteiger partial charge >= 0.3 is 0 Å². The van der Waals surface area contributed by atoms with E-state index in [1.54, 1.807) is 0 Å². The fourth-order valence-corrected chi connectivity index (χ4v) is 2.93. The van der Waals surface area contributed by atoms with Crippen LogP contribution in [0.2, 0.25) is 0 Å². The summed E-state index contributed by atoms with van der Waals surface area (Å²) in [4.78, 5) is 0. The third-order valence-electron chi connectivity index (χ3n) is 3.26. The number of halogens is 1. The fraction of sp³-hybridized carbons (Fsp3) is 0.667. The highest BCUT2D eigenvalue weighted by Gasteiger charge is 2.26. The zero-order valence-corrected chi connectivity index (χ0v) is 10.5. The highest BCUT2D eigenvalue weighted by Crippen LogP contribution is 2.30. The van der Waals surface area contributed by atoms with Crippen molar-refractivity contribution in [2.75, 3.05) is 6.54 Å². The van der Waals surface area contributed by atoms with Crippen LogP contribution in [0.1, 0.15) is 32.1 Å². The van der Waals surface area contributed by atoms with E-state index >= 15 is 0 Å². The molecule has 1 fully saturated rings. The molecule has 3 heteroatoms. The molecule has 0 bridgehead atoms. The molecule has 0 saturated carbocycles. The molecule has 0 amide bonds. The summed E-state index contributed by atoms with van der Waals surface area (Å²) in [5.41, 5.74) is 0. The number of nitrogens with one attached hydrogen (secondary N) is 1. The van der Waals surface area contributed by atoms with Gasteiger partial charge in [0.25, 0.3) is 0 Å². The largest absolute Gasteiger partial charge is 0.512 e. The lowest BCUT2D eigenvalue weighted by Crippen LogP contribution is -2.37. The second kappa shape index (κ2) is 5.17. The van der Waals surface area contributed by atoms with Crippen LogP contribution in [0.25, 0.3) is 0 Å². The summed E-state index contributed by atoms with van der Waals surface area (Å²) in [7, 11) is 0. The molecule has 2 aliphatic rings. The summed E-state index contributed by atoms with van der Waals surface area (Å²) in [6, 6.07) is 0.308. The SMILES string of the molecule is OC1=CC(Br)=CC2NCCCCCCC12. The minimum absolute atomic E-state index is 0.282. The number of allylic oxidation sites excluding steroid dienone is 2. The first-order chi connectivity index (χ1) is 7.27. The predicted octanol–water partition coefficient (Wildman–Crippen LogP) is 3.26. The van der Waals surface area contributed by atoms with Gasteiger partial charge in [-0.15, -0.1) is 0 Å². The Morgan fingerprint density at radius 3 is 2.93 bits per heavy atom. The van der Waals surface area contributed by atoms with E-state index in [4.69, 9.17) is 0 Å². The van der Waals surface area contributed by atoms with Gasteiger partial charge in [0.05, 0.1) is 5.76 Å². The number of hydrogen-bond donors (Lipinski definition) is 2. The second-order valence-corrected chi connectivity index (χ2v) is 5.33. The minimum Gasteiger partial charge on any atom is -0.512 e. The quantitative estimate of drug-likeness (QED) is 0.709. The van der Waals surface area contributed by atoms with Gasteiger partial charge in [-0.25, -0.2) is 0 Å². The van der Waals surface area contributed by atoms with Crippen LogP contribution in [0.15, 0.2) is 22.4 Å². The molecule has 1 heterocycles. The number of hydrogen-bond acceptors (Lipinski definition) is 2. The molecule has 2 atom stereocenters. The van der Waals surface area contributed by atoms with Crippen LogP contribution in [0, 0.1) is 5.92 Å². The van der Waals surface area contributed by atoms with Crippen molar-refractivity contribution >= 4 is 15.9 Å². The first kappa shape index (κ1) is 11.2. The van der Waals surface area contributed by atoms with Crippen molar-refractivity contribution in [3.8, 4) is 0 Å². The fourth-order valence-electron chi connectivity index (χ4n) is 2.41. The topological polar surface area (TPSA) is 32.3 Å². The van der Waals surface area contributed by atoms with Crippen LogP contribution in [-0.4, -0.2) is 17.7 Å². The van der Waals surface area contributed by atoms with Crippen molar-refractivity contribution in [2.24, 2.45) is 5.92 Å². The lowest BCUT2D eigenvalue weighted by atomic mass is 9.88. The standard InChI is InChI=1S/C12H18BrNO/c13-9-7-11-10(12(15)8-9)5-3-1-2-4-6-14-11/h7-8,10-11,14-15H,1-6H2. The van der Waals surface area contributed by atoms with E-state index in [1.807, 2.05) is 6.08 Å². The highest BCUT2D eigenvalue weighted by molar-refractivity contribution is 9.11. The summed E-state index contributed by atoms with van der Waals surface area (Å²) < 4.78 is 0.994. The monoisotopic (exact) mass is 271 g/mol. The molecule has 2 N–H and O–H groups in total. The van der Waals surface area contributed by atoms with E-state index in [9.17, 15) is 5.11 Å². The Labute approximate surface area is 99.6 Å². The average Bonchev–Trinajstić information content (AvgIpc) is 2.29. The van der Waals surface area contributed by atoms with Crippen molar-refractivity contribution in [3.63, 3.8) is 0 Å². The normalized spacial score (nSPS) is 32.9. The van der Waals surface area contributed by atoms with Crippen LogP contribution in [0.3, 0.4) is 0 Å². The Morgan fingerprint density at radius 1 is 1.27 bits per heavy atom. The Bertz CT molecular complexity index is 285. The van der Waals surface area contributed by atoms with E-state index in [0.717, 1.165) is 17.4 Å². The van der Waals surface area contributed by atoms with E-state index in [0.29, 0.717) is 11.8 Å². The van der Waals surface area contributed by atoms with Crippen LogP contribution >= 0.6 is 15.9 Å². The maximum Gasteiger partial charge on any atom is 0.0983 e. The molecule has 0 spiro atoms. The lowest BCUT2D eigenvalue weighted by Gasteiger charge is -2.27. The smallest absolute Gasteiger partial charge is 0.0983 e. The van der Waals surface area contributed by atoms with Crippen molar-refractivity contribution < 1.29 is 5.11 Å². The third-order valence-corrected chi connectivity index (χ3v) is 3.75. The molecule has 1 aliphatic heterocycles. The molecule has 1 aliphatic carbocycles. The van der Waals surface area contributed by atoms with E-state index in [-0.39, 0.29) is 5.92 Å². The van der Waals surface area contributed by atoms with Crippen LogP contribution in [-0.2, 0) is 0 Å². The van der Waals surface area contributed by atoms with Gasteiger partial charge in [0.2, 0.25) is 0 Å². The van der Waals surface area contributed by atoms with Crippen LogP contribution < -0.4 is 5.32 Å². The molecule has 0 aromatic carbocycles. The summed E-state index contributed by atoms with van der Waals surface area (Å²) in [6.07, 6.45) is 10.2. The van der Waals surface area contributed by atoms with E-state index in [1.165, 1.54) is 25.7 Å². The molecule has 1 saturated heterocycles. The number of rotatable bonds is 0. The highest BCUT2D eigenvalue weighted by atomic mass is 79.9.